The van der Waals surface area contributed by atoms with Gasteiger partial charge in [0.05, 0.1) is 6.04 Å². The summed E-state index contributed by atoms with van der Waals surface area (Å²) in [5.74, 6) is 0.952. The van der Waals surface area contributed by atoms with Gasteiger partial charge in [-0.15, -0.1) is 0 Å². The Morgan fingerprint density at radius 3 is 2.04 bits per heavy atom. The van der Waals surface area contributed by atoms with Crippen LogP contribution in [0.2, 0.25) is 0 Å². The topological polar surface area (TPSA) is 21.3 Å². The molecule has 28 heavy (non-hydrogen) atoms. The largest absolute Gasteiger partial charge is 0.471 e. The Hall–Kier alpha value is -3.10. The summed E-state index contributed by atoms with van der Waals surface area (Å²) in [6, 6.07) is 30.2. The van der Waals surface area contributed by atoms with Gasteiger partial charge in [0.1, 0.15) is 5.75 Å². The summed E-state index contributed by atoms with van der Waals surface area (Å²) in [5, 5.41) is 6.22. The molecule has 0 spiro atoms. The molecule has 1 aliphatic rings. The molecule has 2 unspecified atom stereocenters. The van der Waals surface area contributed by atoms with Gasteiger partial charge in [0, 0.05) is 11.1 Å². The fourth-order valence-corrected chi connectivity index (χ4v) is 4.00. The molecule has 0 fully saturated rings. The van der Waals surface area contributed by atoms with Crippen LogP contribution < -0.4 is 10.1 Å². The Bertz CT molecular complexity index is 1130. The van der Waals surface area contributed by atoms with Gasteiger partial charge in [-0.05, 0) is 36.2 Å². The first-order chi connectivity index (χ1) is 13.7. The highest BCUT2D eigenvalue weighted by Gasteiger charge is 2.31. The minimum Gasteiger partial charge on any atom is -0.471 e. The molecule has 4 aromatic rings. The molecule has 2 atom stereocenters. The smallest absolute Gasteiger partial charge is 0.177 e. The molecule has 138 valence electrons. The summed E-state index contributed by atoms with van der Waals surface area (Å²) >= 11 is 0. The second-order valence-electron chi connectivity index (χ2n) is 7.62. The fourth-order valence-electron chi connectivity index (χ4n) is 4.00. The number of hydrogen-bond donors (Lipinski definition) is 1. The average Bonchev–Trinajstić information content (AvgIpc) is 2.74. The van der Waals surface area contributed by atoms with Gasteiger partial charge in [0.2, 0.25) is 0 Å². The van der Waals surface area contributed by atoms with Crippen LogP contribution in [0.3, 0.4) is 0 Å². The monoisotopic (exact) mass is 365 g/mol. The van der Waals surface area contributed by atoms with E-state index >= 15 is 0 Å². The van der Waals surface area contributed by atoms with E-state index in [-0.39, 0.29) is 12.3 Å². The van der Waals surface area contributed by atoms with E-state index in [1.54, 1.807) is 0 Å². The van der Waals surface area contributed by atoms with E-state index in [0.29, 0.717) is 0 Å². The van der Waals surface area contributed by atoms with Gasteiger partial charge in [0.15, 0.2) is 6.23 Å². The summed E-state index contributed by atoms with van der Waals surface area (Å²) in [6.07, 6.45) is -0.180. The predicted octanol–water partition coefficient (Wildman–Crippen LogP) is 6.23. The van der Waals surface area contributed by atoms with Crippen molar-refractivity contribution in [2.75, 3.05) is 0 Å². The third-order valence-electron chi connectivity index (χ3n) is 5.57. The molecule has 0 aliphatic carbocycles. The van der Waals surface area contributed by atoms with Crippen molar-refractivity contribution < 1.29 is 4.74 Å². The van der Waals surface area contributed by atoms with Gasteiger partial charge in [-0.25, -0.2) is 0 Å². The summed E-state index contributed by atoms with van der Waals surface area (Å²) in [7, 11) is 0. The van der Waals surface area contributed by atoms with Crippen molar-refractivity contribution >= 4 is 10.8 Å². The Morgan fingerprint density at radius 2 is 1.32 bits per heavy atom. The van der Waals surface area contributed by atoms with Crippen LogP contribution in [-0.2, 0) is 0 Å². The fraction of sp³-hybridized carbons (Fsp3) is 0.154. The van der Waals surface area contributed by atoms with Gasteiger partial charge in [-0.3, -0.25) is 5.32 Å². The lowest BCUT2D eigenvalue weighted by atomic mass is 9.90. The Morgan fingerprint density at radius 1 is 0.679 bits per heavy atom. The van der Waals surface area contributed by atoms with Gasteiger partial charge in [-0.1, -0.05) is 90.0 Å². The van der Waals surface area contributed by atoms with Crippen LogP contribution in [0.4, 0.5) is 0 Å². The number of fused-ring (bicyclic) bond motifs is 3. The van der Waals surface area contributed by atoms with E-state index < -0.39 is 0 Å². The van der Waals surface area contributed by atoms with Crippen LogP contribution >= 0.6 is 0 Å². The molecule has 0 saturated heterocycles. The van der Waals surface area contributed by atoms with Crippen molar-refractivity contribution in [3.05, 3.63) is 113 Å². The highest BCUT2D eigenvalue weighted by atomic mass is 16.5. The number of benzene rings is 4. The van der Waals surface area contributed by atoms with E-state index in [2.05, 4.69) is 104 Å². The maximum absolute atomic E-state index is 6.43. The summed E-state index contributed by atoms with van der Waals surface area (Å²) < 4.78 is 6.43. The molecular formula is C26H23NO. The molecule has 0 aromatic heterocycles. The number of hydrogen-bond acceptors (Lipinski definition) is 2. The van der Waals surface area contributed by atoms with Crippen LogP contribution in [-0.4, -0.2) is 0 Å². The first-order valence-electron chi connectivity index (χ1n) is 9.76. The Labute approximate surface area is 165 Å². The van der Waals surface area contributed by atoms with Gasteiger partial charge < -0.3 is 4.74 Å². The predicted molar refractivity (Wildman–Crippen MR) is 115 cm³/mol. The lowest BCUT2D eigenvalue weighted by molar-refractivity contribution is 0.134. The quantitative estimate of drug-likeness (QED) is 0.455. The zero-order valence-corrected chi connectivity index (χ0v) is 16.1. The Kier molecular flexibility index (Phi) is 4.14. The number of nitrogens with one attached hydrogen (secondary N) is 1. The molecule has 2 heteroatoms. The van der Waals surface area contributed by atoms with E-state index in [0.717, 1.165) is 11.3 Å². The average molecular weight is 365 g/mol. The van der Waals surface area contributed by atoms with E-state index in [1.165, 1.54) is 33.0 Å². The van der Waals surface area contributed by atoms with Crippen LogP contribution in [0, 0.1) is 13.8 Å². The van der Waals surface area contributed by atoms with Gasteiger partial charge in [-0.2, -0.15) is 0 Å². The molecular weight excluding hydrogens is 342 g/mol. The van der Waals surface area contributed by atoms with Crippen LogP contribution in [0.1, 0.15) is 40.1 Å². The molecule has 1 heterocycles. The molecule has 0 amide bonds. The van der Waals surface area contributed by atoms with Crippen molar-refractivity contribution in [3.8, 4) is 5.75 Å². The lowest BCUT2D eigenvalue weighted by Gasteiger charge is -2.35. The van der Waals surface area contributed by atoms with Crippen molar-refractivity contribution in [1.29, 1.82) is 0 Å². The number of rotatable bonds is 2. The highest BCUT2D eigenvalue weighted by Crippen LogP contribution is 2.42. The SMILES string of the molecule is Cc1ccc(C2NC(c3ccc(C)cc3)c3c(ccc4ccccc34)O2)cc1. The molecule has 0 radical (unpaired) electrons. The van der Waals surface area contributed by atoms with Crippen LogP contribution in [0.25, 0.3) is 10.8 Å². The maximum atomic E-state index is 6.43. The molecule has 4 aromatic carbocycles. The van der Waals surface area contributed by atoms with E-state index in [4.69, 9.17) is 4.74 Å². The van der Waals surface area contributed by atoms with Gasteiger partial charge in [0.25, 0.3) is 0 Å². The minimum absolute atomic E-state index is 0.0711. The zero-order valence-electron chi connectivity index (χ0n) is 16.1. The van der Waals surface area contributed by atoms with Crippen molar-refractivity contribution in [2.45, 2.75) is 26.1 Å². The molecule has 1 N–H and O–H groups in total. The molecule has 0 saturated carbocycles. The number of ether oxygens (including phenoxy) is 1. The van der Waals surface area contributed by atoms with Crippen LogP contribution in [0.15, 0.2) is 84.9 Å². The van der Waals surface area contributed by atoms with Crippen molar-refractivity contribution in [2.24, 2.45) is 0 Å². The van der Waals surface area contributed by atoms with E-state index in [1.807, 2.05) is 0 Å². The minimum atomic E-state index is -0.180. The third-order valence-corrected chi connectivity index (χ3v) is 5.57. The normalized spacial score (nSPS) is 18.5. The molecule has 1 aliphatic heterocycles. The summed E-state index contributed by atoms with van der Waals surface area (Å²) in [6.45, 7) is 4.23. The van der Waals surface area contributed by atoms with Crippen molar-refractivity contribution in [3.63, 3.8) is 0 Å². The first-order valence-corrected chi connectivity index (χ1v) is 9.76. The standard InChI is InChI=1S/C26H23NO/c1-17-7-11-20(12-8-17)25-24-22-6-4-3-5-19(22)15-16-23(24)28-26(27-25)21-13-9-18(2)10-14-21/h3-16,25-27H,1-2H3. The first kappa shape index (κ1) is 17.0. The maximum Gasteiger partial charge on any atom is 0.177 e. The van der Waals surface area contributed by atoms with E-state index in [9.17, 15) is 0 Å². The zero-order chi connectivity index (χ0) is 19.1. The Balaban J connectivity index is 1.67. The van der Waals surface area contributed by atoms with Crippen molar-refractivity contribution in [1.82, 2.24) is 5.32 Å². The molecule has 2 nitrogen and oxygen atoms in total. The lowest BCUT2D eigenvalue weighted by Crippen LogP contribution is -2.35. The second kappa shape index (κ2) is 6.81. The highest BCUT2D eigenvalue weighted by molar-refractivity contribution is 5.89. The molecule has 0 bridgehead atoms. The number of aryl methyl sites for hydroxylation is 2. The summed E-state index contributed by atoms with van der Waals surface area (Å²) in [5.41, 5.74) is 6.13. The van der Waals surface area contributed by atoms with Gasteiger partial charge >= 0.3 is 0 Å². The third kappa shape index (κ3) is 2.96. The van der Waals surface area contributed by atoms with Crippen LogP contribution in [0.5, 0.6) is 5.75 Å². The molecule has 5 rings (SSSR count). The summed E-state index contributed by atoms with van der Waals surface area (Å²) in [4.78, 5) is 0. The second-order valence-corrected chi connectivity index (χ2v) is 7.62.